The van der Waals surface area contributed by atoms with Gasteiger partial charge in [-0.25, -0.2) is 8.78 Å². The molecule has 0 saturated heterocycles. The minimum Gasteiger partial charge on any atom is -0.456 e. The van der Waals surface area contributed by atoms with Gasteiger partial charge in [0.05, 0.1) is 5.57 Å². The number of furan rings is 1. The van der Waals surface area contributed by atoms with E-state index in [1.54, 1.807) is 0 Å². The van der Waals surface area contributed by atoms with Crippen LogP contribution in [0.1, 0.15) is 51.5 Å². The predicted molar refractivity (Wildman–Crippen MR) is 154 cm³/mol. The van der Waals surface area contributed by atoms with Crippen molar-refractivity contribution in [1.82, 2.24) is 0 Å². The lowest BCUT2D eigenvalue weighted by Gasteiger charge is -2.27. The van der Waals surface area contributed by atoms with E-state index < -0.39 is 28.6 Å². The number of para-hydroxylation sites is 2. The van der Waals surface area contributed by atoms with Gasteiger partial charge in [0.25, 0.3) is 0 Å². The Morgan fingerprint density at radius 2 is 1.22 bits per heavy atom. The molecule has 200 valence electrons. The molecule has 0 atom stereocenters. The van der Waals surface area contributed by atoms with Gasteiger partial charge in [-0.1, -0.05) is 50.2 Å². The summed E-state index contributed by atoms with van der Waals surface area (Å²) < 4.78 is 33.7. The van der Waals surface area contributed by atoms with Gasteiger partial charge in [-0.05, 0) is 72.3 Å². The van der Waals surface area contributed by atoms with E-state index in [0.717, 1.165) is 45.9 Å². The Bertz CT molecular complexity index is 1840. The van der Waals surface area contributed by atoms with Crippen LogP contribution in [-0.4, -0.2) is 11.6 Å². The Morgan fingerprint density at radius 3 is 1.78 bits per heavy atom. The molecule has 1 heterocycles. The molecule has 0 bridgehead atoms. The van der Waals surface area contributed by atoms with E-state index in [4.69, 9.17) is 4.42 Å². The Balaban J connectivity index is 1.29. The standard InChI is InChI=1S/C35H23F2NO3/c1-35(2)28-15-22(38(20-9-5-3-6-10-20)21-11-7-4-8-12-21)13-14-24(28)34-29(35)17-23(41-34)16-27-32(39)25-18-30(36)31(37)19-26(25)33(27)40/h3-19H,1-2H3. The summed E-state index contributed by atoms with van der Waals surface area (Å²) in [5, 5.41) is 0. The van der Waals surface area contributed by atoms with Gasteiger partial charge in [0.15, 0.2) is 23.2 Å². The first-order valence-electron chi connectivity index (χ1n) is 13.2. The first-order chi connectivity index (χ1) is 19.7. The zero-order valence-electron chi connectivity index (χ0n) is 22.2. The van der Waals surface area contributed by atoms with Gasteiger partial charge in [0.2, 0.25) is 0 Å². The zero-order chi connectivity index (χ0) is 28.5. The monoisotopic (exact) mass is 543 g/mol. The van der Waals surface area contributed by atoms with Gasteiger partial charge in [-0.3, -0.25) is 9.59 Å². The first kappa shape index (κ1) is 24.9. The highest BCUT2D eigenvalue weighted by atomic mass is 19.2. The molecule has 5 aromatic rings. The molecule has 6 heteroatoms. The first-order valence-corrected chi connectivity index (χ1v) is 13.2. The number of hydrogen-bond donors (Lipinski definition) is 0. The molecular formula is C35H23F2NO3. The van der Waals surface area contributed by atoms with Crippen LogP contribution in [0.4, 0.5) is 25.8 Å². The number of rotatable bonds is 4. The lowest BCUT2D eigenvalue weighted by molar-refractivity contribution is 0.0990. The summed E-state index contributed by atoms with van der Waals surface area (Å²) in [7, 11) is 0. The van der Waals surface area contributed by atoms with Crippen molar-refractivity contribution in [2.75, 3.05) is 4.90 Å². The smallest absolute Gasteiger partial charge is 0.197 e. The summed E-state index contributed by atoms with van der Waals surface area (Å²) in [4.78, 5) is 28.0. The third-order valence-corrected chi connectivity index (χ3v) is 7.96. The fourth-order valence-electron chi connectivity index (χ4n) is 5.87. The highest BCUT2D eigenvalue weighted by molar-refractivity contribution is 6.41. The molecule has 0 fully saturated rings. The summed E-state index contributed by atoms with van der Waals surface area (Å²) in [5.41, 5.74) is 5.13. The van der Waals surface area contributed by atoms with Crippen LogP contribution in [0.5, 0.6) is 0 Å². The molecule has 0 spiro atoms. The highest BCUT2D eigenvalue weighted by Crippen LogP contribution is 2.52. The van der Waals surface area contributed by atoms with E-state index in [-0.39, 0.29) is 16.7 Å². The van der Waals surface area contributed by atoms with Crippen LogP contribution >= 0.6 is 0 Å². The van der Waals surface area contributed by atoms with Crippen molar-refractivity contribution in [3.8, 4) is 11.3 Å². The number of halogens is 2. The Kier molecular flexibility index (Phi) is 5.44. The van der Waals surface area contributed by atoms with Crippen molar-refractivity contribution in [1.29, 1.82) is 0 Å². The SMILES string of the molecule is CC1(C)c2cc(N(c3ccccc3)c3ccccc3)ccc2-c2oc(C=C3C(=O)c4cc(F)c(F)cc4C3=O)cc21. The van der Waals surface area contributed by atoms with Crippen LogP contribution in [0.2, 0.25) is 0 Å². The van der Waals surface area contributed by atoms with Gasteiger partial charge in [-0.15, -0.1) is 0 Å². The van der Waals surface area contributed by atoms with Crippen LogP contribution < -0.4 is 4.90 Å². The zero-order valence-corrected chi connectivity index (χ0v) is 22.2. The summed E-state index contributed by atoms with van der Waals surface area (Å²) in [6.07, 6.45) is 1.37. The average Bonchev–Trinajstić information content (AvgIpc) is 3.57. The maximum atomic E-state index is 13.8. The van der Waals surface area contributed by atoms with Gasteiger partial charge < -0.3 is 9.32 Å². The number of nitrogens with zero attached hydrogens (tertiary/aromatic N) is 1. The maximum absolute atomic E-state index is 13.8. The van der Waals surface area contributed by atoms with E-state index in [2.05, 4.69) is 55.1 Å². The second-order valence-electron chi connectivity index (χ2n) is 10.8. The fourth-order valence-corrected chi connectivity index (χ4v) is 5.87. The van der Waals surface area contributed by atoms with E-state index in [9.17, 15) is 18.4 Å². The number of carbonyl (C=O) groups is 2. The molecule has 7 rings (SSSR count). The molecule has 1 aromatic heterocycles. The minimum atomic E-state index is -1.17. The van der Waals surface area contributed by atoms with Gasteiger partial charge in [0.1, 0.15) is 11.5 Å². The summed E-state index contributed by atoms with van der Waals surface area (Å²) in [6.45, 7) is 4.22. The Morgan fingerprint density at radius 1 is 0.659 bits per heavy atom. The van der Waals surface area contributed by atoms with Crippen molar-refractivity contribution in [2.24, 2.45) is 0 Å². The third-order valence-electron chi connectivity index (χ3n) is 7.96. The molecule has 0 N–H and O–H groups in total. The molecule has 2 aliphatic carbocycles. The summed E-state index contributed by atoms with van der Waals surface area (Å²) >= 11 is 0. The minimum absolute atomic E-state index is 0.140. The number of carbonyl (C=O) groups excluding carboxylic acids is 2. The molecule has 2 aliphatic rings. The number of benzene rings is 4. The molecule has 0 radical (unpaired) electrons. The van der Waals surface area contributed by atoms with Crippen molar-refractivity contribution < 1.29 is 22.8 Å². The van der Waals surface area contributed by atoms with Crippen LogP contribution in [0.3, 0.4) is 0 Å². The molecule has 0 aliphatic heterocycles. The van der Waals surface area contributed by atoms with Crippen molar-refractivity contribution in [3.63, 3.8) is 0 Å². The Labute approximate surface area is 235 Å². The van der Waals surface area contributed by atoms with Gasteiger partial charge >= 0.3 is 0 Å². The van der Waals surface area contributed by atoms with E-state index in [0.29, 0.717) is 11.5 Å². The van der Waals surface area contributed by atoms with Crippen LogP contribution in [0, 0.1) is 11.6 Å². The number of hydrogen-bond acceptors (Lipinski definition) is 4. The lowest BCUT2D eigenvalue weighted by Crippen LogP contribution is -2.16. The quantitative estimate of drug-likeness (QED) is 0.168. The van der Waals surface area contributed by atoms with Crippen LogP contribution in [-0.2, 0) is 5.41 Å². The van der Waals surface area contributed by atoms with Gasteiger partial charge in [-0.2, -0.15) is 0 Å². The van der Waals surface area contributed by atoms with E-state index in [1.807, 2.05) is 48.5 Å². The fraction of sp³-hybridized carbons (Fsp3) is 0.0857. The molecule has 0 amide bonds. The van der Waals surface area contributed by atoms with Crippen molar-refractivity contribution in [3.05, 3.63) is 142 Å². The molecule has 0 unspecified atom stereocenters. The molecule has 4 aromatic carbocycles. The van der Waals surface area contributed by atoms with Gasteiger partial charge in [0, 0.05) is 44.7 Å². The Hall–Kier alpha value is -5.10. The second kappa shape index (κ2) is 8.96. The molecular weight excluding hydrogens is 520 g/mol. The molecule has 0 saturated carbocycles. The number of anilines is 3. The molecule has 41 heavy (non-hydrogen) atoms. The van der Waals surface area contributed by atoms with Crippen LogP contribution in [0.15, 0.2) is 107 Å². The second-order valence-corrected chi connectivity index (χ2v) is 10.8. The lowest BCUT2D eigenvalue weighted by atomic mass is 9.82. The highest BCUT2D eigenvalue weighted by Gasteiger charge is 2.40. The van der Waals surface area contributed by atoms with E-state index in [1.165, 1.54) is 6.08 Å². The van der Waals surface area contributed by atoms with Crippen molar-refractivity contribution >= 4 is 34.7 Å². The predicted octanol–water partition coefficient (Wildman–Crippen LogP) is 8.80. The summed E-state index contributed by atoms with van der Waals surface area (Å²) in [5.74, 6) is -2.63. The average molecular weight is 544 g/mol. The number of fused-ring (bicyclic) bond motifs is 4. The topological polar surface area (TPSA) is 50.5 Å². The van der Waals surface area contributed by atoms with Crippen LogP contribution in [0.25, 0.3) is 17.4 Å². The number of ketones is 2. The normalized spacial score (nSPS) is 14.6. The summed E-state index contributed by atoms with van der Waals surface area (Å²) in [6, 6.07) is 30.0. The maximum Gasteiger partial charge on any atom is 0.197 e. The number of Topliss-reactive ketones (excluding diaryl/α,β-unsaturated/α-hetero) is 2. The van der Waals surface area contributed by atoms with Crippen molar-refractivity contribution in [2.45, 2.75) is 19.3 Å². The third kappa shape index (κ3) is 3.79. The largest absolute Gasteiger partial charge is 0.456 e. The molecule has 4 nitrogen and oxygen atoms in total. The van der Waals surface area contributed by atoms with E-state index >= 15 is 0 Å². The number of allylic oxidation sites excluding steroid dienone is 1.